The van der Waals surface area contributed by atoms with Crippen LogP contribution in [0.1, 0.15) is 5.56 Å². The lowest BCUT2D eigenvalue weighted by Gasteiger charge is -2.28. The van der Waals surface area contributed by atoms with Crippen LogP contribution >= 0.6 is 23.4 Å². The second kappa shape index (κ2) is 7.31. The molecule has 1 saturated heterocycles. The van der Waals surface area contributed by atoms with Crippen molar-refractivity contribution in [2.45, 2.75) is 6.18 Å². The Morgan fingerprint density at radius 2 is 1.83 bits per heavy atom. The molecule has 1 fully saturated rings. The van der Waals surface area contributed by atoms with Crippen LogP contribution in [-0.4, -0.2) is 44.4 Å². The highest BCUT2D eigenvalue weighted by Crippen LogP contribution is 2.35. The molecular weight excluding hydrogens is 435 g/mol. The van der Waals surface area contributed by atoms with Gasteiger partial charge in [0.15, 0.2) is 5.65 Å². The van der Waals surface area contributed by atoms with E-state index in [4.69, 9.17) is 16.6 Å². The van der Waals surface area contributed by atoms with E-state index in [9.17, 15) is 13.2 Å². The zero-order valence-electron chi connectivity index (χ0n) is 15.5. The van der Waals surface area contributed by atoms with E-state index in [0.717, 1.165) is 53.4 Å². The Labute approximate surface area is 178 Å². The molecule has 0 N–H and O–H groups in total. The van der Waals surface area contributed by atoms with Crippen LogP contribution < -0.4 is 4.90 Å². The molecule has 0 atom stereocenters. The molecule has 1 aliphatic rings. The Morgan fingerprint density at radius 3 is 2.60 bits per heavy atom. The highest BCUT2D eigenvalue weighted by molar-refractivity contribution is 7.99. The van der Waals surface area contributed by atoms with Gasteiger partial charge in [0.25, 0.3) is 0 Å². The third kappa shape index (κ3) is 3.35. The average Bonchev–Trinajstić information content (AvgIpc) is 3.17. The van der Waals surface area contributed by atoms with Crippen molar-refractivity contribution < 1.29 is 13.2 Å². The Hall–Kier alpha value is -2.52. The number of anilines is 1. The number of rotatable bonds is 2. The Morgan fingerprint density at radius 1 is 1.03 bits per heavy atom. The van der Waals surface area contributed by atoms with Crippen molar-refractivity contribution in [3.8, 4) is 11.3 Å². The summed E-state index contributed by atoms with van der Waals surface area (Å²) in [6, 6.07) is 10.5. The normalized spacial score (nSPS) is 15.3. The summed E-state index contributed by atoms with van der Waals surface area (Å²) < 4.78 is 41.2. The molecule has 0 bridgehead atoms. The van der Waals surface area contributed by atoms with Gasteiger partial charge in [0.1, 0.15) is 11.5 Å². The number of nitrogens with zero attached hydrogens (tertiary/aromatic N) is 5. The van der Waals surface area contributed by atoms with Gasteiger partial charge >= 0.3 is 6.18 Å². The fourth-order valence-corrected chi connectivity index (χ4v) is 4.69. The lowest BCUT2D eigenvalue weighted by Crippen LogP contribution is -2.33. The van der Waals surface area contributed by atoms with Crippen molar-refractivity contribution in [3.63, 3.8) is 0 Å². The van der Waals surface area contributed by atoms with Gasteiger partial charge in [0, 0.05) is 40.6 Å². The molecule has 2 aromatic carbocycles. The van der Waals surface area contributed by atoms with Crippen molar-refractivity contribution in [2.75, 3.05) is 29.5 Å². The smallest absolute Gasteiger partial charge is 0.354 e. The van der Waals surface area contributed by atoms with Gasteiger partial charge in [0.05, 0.1) is 11.1 Å². The number of hydrogen-bond donors (Lipinski definition) is 0. The predicted molar refractivity (Wildman–Crippen MR) is 113 cm³/mol. The van der Waals surface area contributed by atoms with Gasteiger partial charge in [-0.15, -0.1) is 5.10 Å². The van der Waals surface area contributed by atoms with Gasteiger partial charge in [0.2, 0.25) is 0 Å². The van der Waals surface area contributed by atoms with E-state index in [1.54, 1.807) is 16.6 Å². The number of benzene rings is 2. The number of hydrogen-bond acceptors (Lipinski definition) is 5. The van der Waals surface area contributed by atoms with E-state index in [2.05, 4.69) is 15.2 Å². The third-order valence-electron chi connectivity index (χ3n) is 5.06. The van der Waals surface area contributed by atoms with Crippen LogP contribution in [-0.2, 0) is 6.18 Å². The largest absolute Gasteiger partial charge is 0.416 e. The van der Waals surface area contributed by atoms with Gasteiger partial charge in [-0.05, 0) is 30.3 Å². The van der Waals surface area contributed by atoms with Crippen LogP contribution in [0.4, 0.5) is 19.0 Å². The Kier molecular flexibility index (Phi) is 4.74. The predicted octanol–water partition coefficient (Wildman–Crippen LogP) is 5.17. The molecule has 30 heavy (non-hydrogen) atoms. The minimum Gasteiger partial charge on any atom is -0.354 e. The summed E-state index contributed by atoms with van der Waals surface area (Å²) in [7, 11) is 0. The Bertz CT molecular complexity index is 1250. The Balaban J connectivity index is 1.75. The van der Waals surface area contributed by atoms with Crippen LogP contribution in [0.15, 0.2) is 42.5 Å². The average molecular weight is 450 g/mol. The molecule has 0 amide bonds. The van der Waals surface area contributed by atoms with E-state index in [1.165, 1.54) is 6.07 Å². The van der Waals surface area contributed by atoms with E-state index in [0.29, 0.717) is 21.9 Å². The quantitative estimate of drug-likeness (QED) is 0.422. The minimum atomic E-state index is -4.44. The summed E-state index contributed by atoms with van der Waals surface area (Å²) in [4.78, 5) is 6.99. The SMILES string of the molecule is FC(F)(F)c1cccc(-c2nnn3c2nc(N2CCSCC2)c2cc(Cl)ccc23)c1. The number of aromatic nitrogens is 4. The van der Waals surface area contributed by atoms with Crippen LogP contribution in [0.2, 0.25) is 5.02 Å². The van der Waals surface area contributed by atoms with Crippen LogP contribution in [0.5, 0.6) is 0 Å². The van der Waals surface area contributed by atoms with E-state index in [-0.39, 0.29) is 0 Å². The second-order valence-corrected chi connectivity index (χ2v) is 8.61. The molecule has 0 spiro atoms. The highest BCUT2D eigenvalue weighted by atomic mass is 35.5. The molecule has 10 heteroatoms. The number of halogens is 4. The van der Waals surface area contributed by atoms with Crippen LogP contribution in [0, 0.1) is 0 Å². The fourth-order valence-electron chi connectivity index (χ4n) is 3.62. The zero-order valence-corrected chi connectivity index (χ0v) is 17.1. The summed E-state index contributed by atoms with van der Waals surface area (Å²) in [5.74, 6) is 2.70. The molecule has 0 unspecified atom stereocenters. The first-order valence-corrected chi connectivity index (χ1v) is 10.8. The van der Waals surface area contributed by atoms with Crippen molar-refractivity contribution in [1.29, 1.82) is 0 Å². The van der Waals surface area contributed by atoms with Gasteiger partial charge in [-0.2, -0.15) is 29.4 Å². The maximum absolute atomic E-state index is 13.2. The molecule has 5 rings (SSSR count). The van der Waals surface area contributed by atoms with Crippen molar-refractivity contribution in [2.24, 2.45) is 0 Å². The van der Waals surface area contributed by atoms with E-state index < -0.39 is 11.7 Å². The third-order valence-corrected chi connectivity index (χ3v) is 6.24. The summed E-state index contributed by atoms with van der Waals surface area (Å²) in [6.45, 7) is 1.66. The van der Waals surface area contributed by atoms with Crippen LogP contribution in [0.25, 0.3) is 27.8 Å². The fraction of sp³-hybridized carbons (Fsp3) is 0.250. The minimum absolute atomic E-state index is 0.311. The second-order valence-electron chi connectivity index (χ2n) is 6.95. The first-order chi connectivity index (χ1) is 14.4. The molecule has 1 aliphatic heterocycles. The first kappa shape index (κ1) is 19.4. The lowest BCUT2D eigenvalue weighted by molar-refractivity contribution is -0.137. The van der Waals surface area contributed by atoms with Gasteiger partial charge in [-0.1, -0.05) is 28.9 Å². The summed E-state index contributed by atoms with van der Waals surface area (Å²) in [5, 5.41) is 9.78. The summed E-state index contributed by atoms with van der Waals surface area (Å²) in [6.07, 6.45) is -4.44. The van der Waals surface area contributed by atoms with Gasteiger partial charge < -0.3 is 4.90 Å². The monoisotopic (exact) mass is 449 g/mol. The van der Waals surface area contributed by atoms with Crippen molar-refractivity contribution in [1.82, 2.24) is 19.8 Å². The molecule has 0 saturated carbocycles. The van der Waals surface area contributed by atoms with Crippen LogP contribution in [0.3, 0.4) is 0 Å². The molecule has 154 valence electrons. The molecule has 5 nitrogen and oxygen atoms in total. The molecular formula is C20H15ClF3N5S. The van der Waals surface area contributed by atoms with Gasteiger partial charge in [-0.3, -0.25) is 0 Å². The number of alkyl halides is 3. The lowest BCUT2D eigenvalue weighted by atomic mass is 10.1. The molecule has 4 aromatic rings. The van der Waals surface area contributed by atoms with E-state index >= 15 is 0 Å². The standard InChI is InChI=1S/C20H15ClF3N5S/c21-14-4-5-16-15(11-14)18(28-6-8-30-9-7-28)25-19-17(26-27-29(16)19)12-2-1-3-13(10-12)20(22,23)24/h1-5,10-11H,6-9H2. The zero-order chi connectivity index (χ0) is 20.9. The van der Waals surface area contributed by atoms with Crippen molar-refractivity contribution in [3.05, 3.63) is 53.1 Å². The first-order valence-electron chi connectivity index (χ1n) is 9.27. The maximum atomic E-state index is 13.2. The summed E-state index contributed by atoms with van der Waals surface area (Å²) >= 11 is 8.12. The molecule has 0 aliphatic carbocycles. The molecule has 0 radical (unpaired) electrons. The number of thioether (sulfide) groups is 1. The summed E-state index contributed by atoms with van der Waals surface area (Å²) in [5.41, 5.74) is 1.06. The molecule has 3 heterocycles. The highest BCUT2D eigenvalue weighted by Gasteiger charge is 2.31. The van der Waals surface area contributed by atoms with Crippen molar-refractivity contribution >= 4 is 45.7 Å². The van der Waals surface area contributed by atoms with E-state index in [1.807, 2.05) is 23.9 Å². The topological polar surface area (TPSA) is 46.3 Å². The number of fused-ring (bicyclic) bond motifs is 3. The molecule has 2 aromatic heterocycles. The maximum Gasteiger partial charge on any atom is 0.416 e. The van der Waals surface area contributed by atoms with Gasteiger partial charge in [-0.25, -0.2) is 4.98 Å².